The molecule has 0 amide bonds. The van der Waals surface area contributed by atoms with E-state index in [1.54, 1.807) is 0 Å². The summed E-state index contributed by atoms with van der Waals surface area (Å²) >= 11 is -2.15. The number of alkyl halides is 3. The molecule has 0 spiro atoms. The minimum atomic E-state index is -4.24. The van der Waals surface area contributed by atoms with E-state index in [-0.39, 0.29) is 23.3 Å². The Morgan fingerprint density at radius 2 is 1.69 bits per heavy atom. The van der Waals surface area contributed by atoms with Crippen LogP contribution in [0.5, 0.6) is 0 Å². The van der Waals surface area contributed by atoms with Crippen LogP contribution in [0, 0.1) is 0 Å². The molecule has 1 atom stereocenters. The fourth-order valence-corrected chi connectivity index (χ4v) is 2.12. The number of halogens is 3. The van der Waals surface area contributed by atoms with Crippen LogP contribution in [0.15, 0.2) is 29.2 Å². The van der Waals surface area contributed by atoms with Gasteiger partial charge in [-0.05, 0) is 30.5 Å². The van der Waals surface area contributed by atoms with Crippen molar-refractivity contribution in [1.82, 2.24) is 0 Å². The van der Waals surface area contributed by atoms with E-state index in [0.29, 0.717) is 0 Å². The van der Waals surface area contributed by atoms with Crippen molar-refractivity contribution in [2.24, 2.45) is 0 Å². The highest BCUT2D eigenvalue weighted by atomic mass is 32.2. The van der Waals surface area contributed by atoms with Gasteiger partial charge in [0.1, 0.15) is 0 Å². The molecule has 1 aromatic carbocycles. The summed E-state index contributed by atoms with van der Waals surface area (Å²) in [5.41, 5.74) is -1.54. The minimum absolute atomic E-state index is 0.0953. The number of benzene rings is 1. The first-order chi connectivity index (χ1) is 7.37. The molecule has 0 saturated heterocycles. The maximum absolute atomic E-state index is 12.7. The molecule has 6 heteroatoms. The van der Waals surface area contributed by atoms with Crippen molar-refractivity contribution in [1.29, 1.82) is 0 Å². The van der Waals surface area contributed by atoms with Gasteiger partial charge in [-0.2, -0.15) is 13.2 Å². The second kappa shape index (κ2) is 3.56. The molecule has 88 valence electrons. The second-order valence-corrected chi connectivity index (χ2v) is 4.82. The van der Waals surface area contributed by atoms with Crippen LogP contribution in [-0.2, 0) is 16.5 Å². The summed E-state index contributed by atoms with van der Waals surface area (Å²) in [6, 6.07) is 5.09. The van der Waals surface area contributed by atoms with Gasteiger partial charge in [-0.15, -0.1) is 0 Å². The van der Waals surface area contributed by atoms with Gasteiger partial charge in [0.05, 0.1) is 10.3 Å². The summed E-state index contributed by atoms with van der Waals surface area (Å²) < 4.78 is 57.6. The van der Waals surface area contributed by atoms with E-state index in [4.69, 9.17) is 4.55 Å². The molecular formula is C10H9F3O2S. The monoisotopic (exact) mass is 250 g/mol. The SMILES string of the molecule is O=S(O)c1ccc(C2(C(F)(F)F)CC2)cc1. The van der Waals surface area contributed by atoms with Gasteiger partial charge >= 0.3 is 6.18 Å². The van der Waals surface area contributed by atoms with Gasteiger partial charge in [0.15, 0.2) is 11.1 Å². The third-order valence-electron chi connectivity index (χ3n) is 2.90. The van der Waals surface area contributed by atoms with Gasteiger partial charge < -0.3 is 4.55 Å². The third-order valence-corrected chi connectivity index (χ3v) is 3.58. The topological polar surface area (TPSA) is 37.3 Å². The van der Waals surface area contributed by atoms with E-state index >= 15 is 0 Å². The Bertz CT molecular complexity index is 421. The predicted molar refractivity (Wildman–Crippen MR) is 52.4 cm³/mol. The Hall–Kier alpha value is -0.880. The van der Waals surface area contributed by atoms with E-state index in [1.807, 2.05) is 0 Å². The summed E-state index contributed by atoms with van der Waals surface area (Å²) in [5, 5.41) is 0. The molecule has 1 aromatic rings. The average molecular weight is 250 g/mol. The van der Waals surface area contributed by atoms with Gasteiger partial charge in [-0.1, -0.05) is 12.1 Å². The quantitative estimate of drug-likeness (QED) is 0.819. The lowest BCUT2D eigenvalue weighted by atomic mass is 9.95. The Kier molecular flexibility index (Phi) is 2.58. The van der Waals surface area contributed by atoms with Crippen molar-refractivity contribution in [3.05, 3.63) is 29.8 Å². The summed E-state index contributed by atoms with van der Waals surface area (Å²) in [4.78, 5) is 0.113. The molecule has 1 aliphatic carbocycles. The van der Waals surface area contributed by atoms with E-state index in [0.717, 1.165) is 0 Å². The van der Waals surface area contributed by atoms with Gasteiger partial charge in [0.2, 0.25) is 0 Å². The lowest BCUT2D eigenvalue weighted by Crippen LogP contribution is -2.28. The van der Waals surface area contributed by atoms with Gasteiger partial charge in [-0.3, -0.25) is 0 Å². The van der Waals surface area contributed by atoms with Crippen LogP contribution in [0.1, 0.15) is 18.4 Å². The van der Waals surface area contributed by atoms with E-state index in [1.165, 1.54) is 24.3 Å². The number of rotatable bonds is 2. The van der Waals surface area contributed by atoms with Crippen molar-refractivity contribution in [3.63, 3.8) is 0 Å². The molecule has 0 bridgehead atoms. The molecule has 0 radical (unpaired) electrons. The minimum Gasteiger partial charge on any atom is -0.302 e. The Balaban J connectivity index is 2.33. The fourth-order valence-electron chi connectivity index (χ4n) is 1.75. The molecule has 1 saturated carbocycles. The molecule has 2 nitrogen and oxygen atoms in total. The highest BCUT2D eigenvalue weighted by Crippen LogP contribution is 2.58. The van der Waals surface area contributed by atoms with Crippen molar-refractivity contribution in [3.8, 4) is 0 Å². The molecule has 0 heterocycles. The molecule has 1 N–H and O–H groups in total. The van der Waals surface area contributed by atoms with Gasteiger partial charge in [-0.25, -0.2) is 4.21 Å². The van der Waals surface area contributed by atoms with E-state index < -0.39 is 22.7 Å². The van der Waals surface area contributed by atoms with Crippen LogP contribution in [0.2, 0.25) is 0 Å². The molecule has 16 heavy (non-hydrogen) atoms. The first kappa shape index (κ1) is 11.6. The average Bonchev–Trinajstić information content (AvgIpc) is 2.97. The van der Waals surface area contributed by atoms with Crippen LogP contribution >= 0.6 is 0 Å². The van der Waals surface area contributed by atoms with Crippen molar-refractivity contribution < 1.29 is 21.9 Å². The molecule has 2 rings (SSSR count). The van der Waals surface area contributed by atoms with Crippen molar-refractivity contribution in [2.45, 2.75) is 29.3 Å². The molecule has 0 aromatic heterocycles. The number of hydrogen-bond acceptors (Lipinski definition) is 1. The first-order valence-electron chi connectivity index (χ1n) is 4.65. The van der Waals surface area contributed by atoms with E-state index in [9.17, 15) is 17.4 Å². The third kappa shape index (κ3) is 1.76. The summed E-state index contributed by atoms with van der Waals surface area (Å²) in [6.45, 7) is 0. The Morgan fingerprint density at radius 1 is 1.19 bits per heavy atom. The number of hydrogen-bond donors (Lipinski definition) is 1. The normalized spacial score (nSPS) is 20.5. The van der Waals surface area contributed by atoms with Crippen LogP contribution in [0.4, 0.5) is 13.2 Å². The standard InChI is InChI=1S/C10H9F3O2S/c11-10(12,13)9(5-6-9)7-1-3-8(4-2-7)16(14)15/h1-4H,5-6H2,(H,14,15). The fraction of sp³-hybridized carbons (Fsp3) is 0.400. The van der Waals surface area contributed by atoms with Crippen LogP contribution < -0.4 is 0 Å². The summed E-state index contributed by atoms with van der Waals surface area (Å²) in [5.74, 6) is 0. The predicted octanol–water partition coefficient (Wildman–Crippen LogP) is 2.86. The zero-order chi connectivity index (χ0) is 12.0. The van der Waals surface area contributed by atoms with Crippen LogP contribution in [0.3, 0.4) is 0 Å². The molecule has 1 aliphatic rings. The molecule has 1 unspecified atom stereocenters. The largest absolute Gasteiger partial charge is 0.398 e. The van der Waals surface area contributed by atoms with E-state index in [2.05, 4.69) is 0 Å². The van der Waals surface area contributed by atoms with Crippen molar-refractivity contribution in [2.75, 3.05) is 0 Å². The highest BCUT2D eigenvalue weighted by Gasteiger charge is 2.64. The molecular weight excluding hydrogens is 241 g/mol. The lowest BCUT2D eigenvalue weighted by molar-refractivity contribution is -0.160. The van der Waals surface area contributed by atoms with Gasteiger partial charge in [0, 0.05) is 0 Å². The van der Waals surface area contributed by atoms with Crippen molar-refractivity contribution >= 4 is 11.1 Å². The maximum Gasteiger partial charge on any atom is 0.398 e. The lowest BCUT2D eigenvalue weighted by Gasteiger charge is -2.19. The molecule has 1 fully saturated rings. The zero-order valence-corrected chi connectivity index (χ0v) is 8.94. The Morgan fingerprint density at radius 3 is 2.00 bits per heavy atom. The maximum atomic E-state index is 12.7. The Labute approximate surface area is 92.8 Å². The van der Waals surface area contributed by atoms with Gasteiger partial charge in [0.25, 0.3) is 0 Å². The zero-order valence-electron chi connectivity index (χ0n) is 8.12. The first-order valence-corrected chi connectivity index (χ1v) is 5.76. The molecule has 0 aliphatic heterocycles. The second-order valence-electron chi connectivity index (χ2n) is 3.85. The summed E-state index contributed by atoms with van der Waals surface area (Å²) in [7, 11) is 0. The van der Waals surface area contributed by atoms with Crippen LogP contribution in [0.25, 0.3) is 0 Å². The van der Waals surface area contributed by atoms with Crippen LogP contribution in [-0.4, -0.2) is 14.9 Å². The highest BCUT2D eigenvalue weighted by molar-refractivity contribution is 7.79. The summed E-state index contributed by atoms with van der Waals surface area (Å²) in [6.07, 6.45) is -4.05. The smallest absolute Gasteiger partial charge is 0.302 e.